The highest BCUT2D eigenvalue weighted by atomic mass is 16.7. The number of aliphatic imine (C=N–C) groups is 1. The topological polar surface area (TPSA) is 74.2 Å². The van der Waals surface area contributed by atoms with Crippen molar-refractivity contribution in [2.24, 2.45) is 4.99 Å². The van der Waals surface area contributed by atoms with Gasteiger partial charge in [0.05, 0.1) is 19.1 Å². The maximum Gasteiger partial charge on any atom is 0.358 e. The van der Waals surface area contributed by atoms with E-state index >= 15 is 0 Å². The average Bonchev–Trinajstić information content (AvgIpc) is 2.40. The molecule has 0 saturated heterocycles. The second-order valence-electron chi connectivity index (χ2n) is 2.77. The van der Waals surface area contributed by atoms with Gasteiger partial charge in [-0.3, -0.25) is 9.59 Å². The Hall–Kier alpha value is -2.11. The van der Waals surface area contributed by atoms with E-state index in [0.29, 0.717) is 0 Å². The molecule has 0 atom stereocenters. The molecule has 78 valence electrons. The molecule has 0 N–H and O–H groups in total. The summed E-state index contributed by atoms with van der Waals surface area (Å²) in [5.74, 6) is -1.44. The van der Waals surface area contributed by atoms with Gasteiger partial charge in [-0.25, -0.2) is 4.99 Å². The van der Waals surface area contributed by atoms with Crippen LogP contribution in [-0.2, 0) is 23.8 Å². The highest BCUT2D eigenvalue weighted by molar-refractivity contribution is 5.80. The monoisotopic (exact) mass is 209 g/mol. The molecule has 0 radical (unpaired) electrons. The molecule has 2 rings (SSSR count). The van der Waals surface area contributed by atoms with Gasteiger partial charge >= 0.3 is 23.8 Å². The predicted octanol–water partition coefficient (Wildman–Crippen LogP) is 0.608. The van der Waals surface area contributed by atoms with Gasteiger partial charge in [0.2, 0.25) is 0 Å². The van der Waals surface area contributed by atoms with Gasteiger partial charge in [0.15, 0.2) is 0 Å². The average molecular weight is 209 g/mol. The van der Waals surface area contributed by atoms with Crippen molar-refractivity contribution in [1.82, 2.24) is 0 Å². The minimum absolute atomic E-state index is 0.0292. The zero-order chi connectivity index (χ0) is 10.7. The molecule has 6 nitrogen and oxygen atoms in total. The Bertz CT molecular complexity index is 393. The van der Waals surface area contributed by atoms with Crippen molar-refractivity contribution in [3.8, 4) is 0 Å². The second-order valence-corrected chi connectivity index (χ2v) is 2.77. The maximum atomic E-state index is 11.1. The Morgan fingerprint density at radius 2 is 1.87 bits per heavy atom. The first kappa shape index (κ1) is 9.45. The summed E-state index contributed by atoms with van der Waals surface area (Å²) in [6.07, 6.45) is 4.05. The molecule has 0 fully saturated rings. The molecule has 0 aromatic carbocycles. The highest BCUT2D eigenvalue weighted by Crippen LogP contribution is 2.18. The van der Waals surface area contributed by atoms with E-state index in [4.69, 9.17) is 14.2 Å². The number of hydrogen-bond donors (Lipinski definition) is 0. The quantitative estimate of drug-likeness (QED) is 0.546. The Morgan fingerprint density at radius 1 is 1.13 bits per heavy atom. The van der Waals surface area contributed by atoms with Crippen LogP contribution < -0.4 is 0 Å². The summed E-state index contributed by atoms with van der Waals surface area (Å²) in [7, 11) is 0. The third kappa shape index (κ3) is 2.22. The Kier molecular flexibility index (Phi) is 2.49. The molecule has 2 aliphatic rings. The highest BCUT2D eigenvalue weighted by Gasteiger charge is 2.23. The van der Waals surface area contributed by atoms with Crippen LogP contribution in [0.5, 0.6) is 0 Å². The lowest BCUT2D eigenvalue weighted by molar-refractivity contribution is -0.153. The van der Waals surface area contributed by atoms with Crippen molar-refractivity contribution in [3.63, 3.8) is 0 Å². The summed E-state index contributed by atoms with van der Waals surface area (Å²) >= 11 is 0. The molecule has 0 aliphatic carbocycles. The van der Waals surface area contributed by atoms with E-state index in [1.807, 2.05) is 0 Å². The van der Waals surface area contributed by atoms with Crippen LogP contribution in [0.3, 0.4) is 0 Å². The van der Waals surface area contributed by atoms with Crippen molar-refractivity contribution in [2.45, 2.75) is 12.8 Å². The maximum absolute atomic E-state index is 11.1. The van der Waals surface area contributed by atoms with Crippen LogP contribution in [0.1, 0.15) is 12.8 Å². The zero-order valence-electron chi connectivity index (χ0n) is 7.63. The first-order valence-electron chi connectivity index (χ1n) is 4.27. The van der Waals surface area contributed by atoms with E-state index in [9.17, 15) is 9.59 Å². The number of hydrogen-bond acceptors (Lipinski definition) is 6. The minimum Gasteiger partial charge on any atom is -0.430 e. The molecule has 0 saturated carbocycles. The molecule has 0 aromatic heterocycles. The summed E-state index contributed by atoms with van der Waals surface area (Å²) in [6, 6.07) is 0. The number of carbonyl (C=O) groups is 2. The number of carbonyl (C=O) groups excluding carboxylic acids is 2. The molecule has 6 heteroatoms. The molecule has 2 heterocycles. The van der Waals surface area contributed by atoms with E-state index in [-0.39, 0.29) is 24.7 Å². The van der Waals surface area contributed by atoms with E-state index in [1.54, 1.807) is 0 Å². The normalized spacial score (nSPS) is 20.5. The zero-order valence-corrected chi connectivity index (χ0v) is 7.63. The van der Waals surface area contributed by atoms with E-state index < -0.39 is 11.9 Å². The van der Waals surface area contributed by atoms with Gasteiger partial charge in [0.1, 0.15) is 0 Å². The van der Waals surface area contributed by atoms with Crippen molar-refractivity contribution in [3.05, 3.63) is 24.2 Å². The van der Waals surface area contributed by atoms with Crippen molar-refractivity contribution in [2.75, 3.05) is 0 Å². The lowest BCUT2D eigenvalue weighted by Gasteiger charge is -2.12. The number of rotatable bonds is 0. The Morgan fingerprint density at radius 3 is 2.67 bits per heavy atom. The molecule has 0 amide bonds. The predicted molar refractivity (Wildman–Crippen MR) is 47.2 cm³/mol. The van der Waals surface area contributed by atoms with Crippen molar-refractivity contribution in [1.29, 1.82) is 0 Å². The van der Waals surface area contributed by atoms with Crippen LogP contribution in [0.4, 0.5) is 0 Å². The van der Waals surface area contributed by atoms with Gasteiger partial charge in [-0.1, -0.05) is 0 Å². The number of nitrogens with zero attached hydrogens (tertiary/aromatic N) is 1. The summed E-state index contributed by atoms with van der Waals surface area (Å²) < 4.78 is 14.5. The van der Waals surface area contributed by atoms with Crippen LogP contribution in [0, 0.1) is 0 Å². The van der Waals surface area contributed by atoms with Crippen molar-refractivity contribution >= 4 is 18.2 Å². The lowest BCUT2D eigenvalue weighted by atomic mass is 10.3. The third-order valence-electron chi connectivity index (χ3n) is 1.66. The van der Waals surface area contributed by atoms with Gasteiger partial charge in [-0.2, -0.15) is 0 Å². The van der Waals surface area contributed by atoms with Crippen LogP contribution in [-0.4, -0.2) is 18.2 Å². The van der Waals surface area contributed by atoms with Gasteiger partial charge in [0.25, 0.3) is 0 Å². The largest absolute Gasteiger partial charge is 0.430 e. The van der Waals surface area contributed by atoms with Gasteiger partial charge in [-0.05, 0) is 6.08 Å². The molecule has 0 aromatic rings. The third-order valence-corrected chi connectivity index (χ3v) is 1.66. The SMILES string of the molecule is O=C1CCC(=O)OC2=C(N=CC=CO2)O1. The molecule has 0 unspecified atom stereocenters. The Labute approximate surface area is 84.8 Å². The Balaban J connectivity index is 2.31. The van der Waals surface area contributed by atoms with E-state index in [1.165, 1.54) is 18.6 Å². The lowest BCUT2D eigenvalue weighted by Crippen LogP contribution is -2.16. The van der Waals surface area contributed by atoms with E-state index in [0.717, 1.165) is 0 Å². The fraction of sp³-hybridized carbons (Fsp3) is 0.222. The fourth-order valence-electron chi connectivity index (χ4n) is 1.00. The standard InChI is InChI=1S/C9H7NO5/c11-6-2-3-7(12)15-9-8(14-6)10-4-1-5-13-9/h1,4-5H,2-3H2. The first-order chi connectivity index (χ1) is 7.25. The first-order valence-corrected chi connectivity index (χ1v) is 4.27. The summed E-state index contributed by atoms with van der Waals surface area (Å²) in [4.78, 5) is 26.0. The summed E-state index contributed by atoms with van der Waals surface area (Å²) in [6.45, 7) is 0. The minimum atomic E-state index is -0.551. The number of allylic oxidation sites excluding steroid dienone is 1. The number of ether oxygens (including phenoxy) is 3. The van der Waals surface area contributed by atoms with E-state index in [2.05, 4.69) is 4.99 Å². The van der Waals surface area contributed by atoms with Crippen molar-refractivity contribution < 1.29 is 23.8 Å². The molecular weight excluding hydrogens is 202 g/mol. The summed E-state index contributed by atoms with van der Waals surface area (Å²) in [5, 5.41) is 0. The van der Waals surface area contributed by atoms with Gasteiger partial charge in [0, 0.05) is 6.21 Å². The molecule has 0 bridgehead atoms. The van der Waals surface area contributed by atoms with Crippen LogP contribution in [0.2, 0.25) is 0 Å². The van der Waals surface area contributed by atoms with Crippen LogP contribution in [0.25, 0.3) is 0 Å². The molecule has 0 spiro atoms. The van der Waals surface area contributed by atoms with Crippen LogP contribution >= 0.6 is 0 Å². The smallest absolute Gasteiger partial charge is 0.358 e. The second kappa shape index (κ2) is 3.95. The fourth-order valence-corrected chi connectivity index (χ4v) is 1.00. The molecule has 15 heavy (non-hydrogen) atoms. The molecular formula is C9H7NO5. The van der Waals surface area contributed by atoms with Crippen LogP contribution in [0.15, 0.2) is 29.2 Å². The number of esters is 2. The van der Waals surface area contributed by atoms with Gasteiger partial charge in [-0.15, -0.1) is 0 Å². The molecule has 2 aliphatic heterocycles. The summed E-state index contributed by atoms with van der Waals surface area (Å²) in [5.41, 5.74) is 0. The van der Waals surface area contributed by atoms with Gasteiger partial charge < -0.3 is 14.2 Å².